The molecular weight excluding hydrogens is 1140 g/mol. The van der Waals surface area contributed by atoms with Crippen LogP contribution in [0.2, 0.25) is 0 Å². The van der Waals surface area contributed by atoms with Crippen LogP contribution in [0.25, 0.3) is 20.9 Å². The van der Waals surface area contributed by atoms with Crippen molar-refractivity contribution in [2.24, 2.45) is 10.8 Å². The number of thiazole rings is 2. The molecule has 0 radical (unpaired) electrons. The number of nitrogens with one attached hydrogen (secondary N) is 4. The summed E-state index contributed by atoms with van der Waals surface area (Å²) in [6.07, 6.45) is 3.56. The molecule has 6 amide bonds. The topological polar surface area (TPSA) is 305 Å². The number of aliphatic hydroxyl groups is 1. The molecule has 2 aromatic carbocycles. The van der Waals surface area contributed by atoms with Crippen molar-refractivity contribution in [2.75, 3.05) is 13.1 Å². The van der Waals surface area contributed by atoms with Gasteiger partial charge in [0.05, 0.1) is 44.8 Å². The van der Waals surface area contributed by atoms with Crippen LogP contribution >= 0.6 is 22.7 Å². The first-order valence-corrected chi connectivity index (χ1v) is 29.5. The minimum Gasteiger partial charge on any atom is -0.508 e. The zero-order valence-electron chi connectivity index (χ0n) is 49.2. The molecule has 6 atom stereocenters. The molecule has 4 aliphatic rings. The first-order valence-electron chi connectivity index (χ1n) is 27.7. The predicted molar refractivity (Wildman–Crippen MR) is 311 cm³/mol. The number of amides is 6. The molecule has 458 valence electrons. The molecule has 0 spiro atoms. The second-order valence-electron chi connectivity index (χ2n) is 24.0. The number of likely N-dealkylation sites (tertiary alicyclic amines) is 2. The van der Waals surface area contributed by atoms with Crippen molar-refractivity contribution in [1.29, 1.82) is 0 Å². The lowest BCUT2D eigenvalue weighted by Gasteiger charge is -2.35. The maximum absolute atomic E-state index is 14.4. The molecule has 5 aromatic rings. The summed E-state index contributed by atoms with van der Waals surface area (Å²) in [5.74, 6) is -4.32. The van der Waals surface area contributed by atoms with Crippen LogP contribution in [0.5, 0.6) is 11.5 Å². The fourth-order valence-corrected chi connectivity index (χ4v) is 11.3. The SMILES string of the molecule is CC(=O)O[C@@H]1C[C@@H](C(=O)NCc2ccc(-c3scnc3C)cc2O)N(C(=O)[C@@H](NC(=O)C2(F)CC2)C(C)(C)C)C1.CC(=O)n1ccnc1.Cc1ncsc1-c1ccc(CNC(=O)[C@@H]2C[C@@H](O)CN2C(=O)[C@@H](NC(=O)C2(F)CC2)C(C)(C)C)c(O)c1. The van der Waals surface area contributed by atoms with Gasteiger partial charge < -0.3 is 51.1 Å². The van der Waals surface area contributed by atoms with Gasteiger partial charge in [0.1, 0.15) is 48.1 Å². The van der Waals surface area contributed by atoms with Crippen molar-refractivity contribution in [2.45, 2.75) is 169 Å². The van der Waals surface area contributed by atoms with Gasteiger partial charge in [0.15, 0.2) is 11.3 Å². The molecule has 3 aromatic heterocycles. The number of benzene rings is 2. The number of rotatable bonds is 15. The zero-order chi connectivity index (χ0) is 62.5. The lowest BCUT2D eigenvalue weighted by atomic mass is 9.85. The van der Waals surface area contributed by atoms with Gasteiger partial charge in [0.2, 0.25) is 29.5 Å². The molecule has 2 saturated heterocycles. The molecule has 2 aliphatic heterocycles. The molecule has 2 aliphatic carbocycles. The molecule has 7 N–H and O–H groups in total. The number of nitrogens with zero attached hydrogens (tertiary/aromatic N) is 6. The molecule has 0 bridgehead atoms. The number of aromatic hydroxyl groups is 2. The van der Waals surface area contributed by atoms with Gasteiger partial charge in [0, 0.05) is 69.8 Å². The lowest BCUT2D eigenvalue weighted by Crippen LogP contribution is -2.59. The number of aryl methyl sites for hydroxylation is 2. The van der Waals surface area contributed by atoms with Crippen LogP contribution in [0.4, 0.5) is 8.78 Å². The smallest absolute Gasteiger partial charge is 0.302 e. The van der Waals surface area contributed by atoms with E-state index in [9.17, 15) is 62.5 Å². The van der Waals surface area contributed by atoms with Crippen molar-refractivity contribution in [3.63, 3.8) is 0 Å². The number of phenols is 2. The number of carbonyl (C=O) groups is 8. The van der Waals surface area contributed by atoms with Crippen molar-refractivity contribution in [1.82, 2.24) is 50.6 Å². The number of β-amino-alcohol motifs (C(OH)–C–C–N with tert-alkyl or cyclic N) is 1. The third-order valence-electron chi connectivity index (χ3n) is 15.0. The van der Waals surface area contributed by atoms with Crippen molar-refractivity contribution in [3.8, 4) is 32.4 Å². The van der Waals surface area contributed by atoms with Gasteiger partial charge in [-0.15, -0.1) is 22.7 Å². The number of esters is 1. The van der Waals surface area contributed by atoms with Gasteiger partial charge in [-0.3, -0.25) is 42.9 Å². The standard InChI is InChI=1S/C28H35FN4O6S.C26H33FN4O5S.C5H6N2O/c1-15-22(40-14-31-15)17-6-7-18(21(35)10-17)12-30-24(36)20-11-19(39-16(2)34)13-33(20)25(37)23(27(3,4)5)32-26(38)28(29)8-9-28;1-14-20(37-13-29-14)15-5-6-16(19(33)9-15)11-28-22(34)18-10-17(32)12-31(18)23(35)21(25(2,3)4)30-24(36)26(27)7-8-26;1-5(8)7-3-2-6-4-7/h6-7,10,14,19-20,23,35H,8-9,11-13H2,1-5H3,(H,30,36)(H,32,38);5-6,9,13,17-18,21,32-33H,7-8,10-12H2,1-4H3,(H,28,34)(H,30,36);2-4H,1H3/t19-,20+,23-;17-,18+,21-;/m11./s1. The van der Waals surface area contributed by atoms with Crippen molar-refractivity contribution >= 4 is 70.0 Å². The molecule has 2 saturated carbocycles. The van der Waals surface area contributed by atoms with Gasteiger partial charge in [-0.2, -0.15) is 0 Å². The summed E-state index contributed by atoms with van der Waals surface area (Å²) >= 11 is 2.93. The number of hydrogen-bond acceptors (Lipinski definition) is 17. The summed E-state index contributed by atoms with van der Waals surface area (Å²) in [6, 6.07) is 6.18. The van der Waals surface area contributed by atoms with E-state index in [1.807, 2.05) is 26.0 Å². The van der Waals surface area contributed by atoms with Crippen LogP contribution < -0.4 is 21.3 Å². The van der Waals surface area contributed by atoms with E-state index in [0.29, 0.717) is 11.1 Å². The Morgan fingerprint density at radius 3 is 1.47 bits per heavy atom. The molecular formula is C59H74F2N10O12S2. The average Bonchev–Trinajstić information content (AvgIpc) is 2.34. The van der Waals surface area contributed by atoms with Crippen LogP contribution in [0.1, 0.15) is 121 Å². The monoisotopic (exact) mass is 1220 g/mol. The average molecular weight is 1220 g/mol. The Hall–Kier alpha value is -7.71. The van der Waals surface area contributed by atoms with Gasteiger partial charge in [-0.1, -0.05) is 65.8 Å². The molecule has 26 heteroatoms. The molecule has 0 unspecified atom stereocenters. The Morgan fingerprint density at radius 2 is 1.13 bits per heavy atom. The number of ether oxygens (including phenoxy) is 1. The maximum Gasteiger partial charge on any atom is 0.302 e. The molecule has 4 fully saturated rings. The Morgan fingerprint density at radius 1 is 0.694 bits per heavy atom. The van der Waals surface area contributed by atoms with Crippen LogP contribution in [-0.4, -0.2) is 153 Å². The molecule has 9 rings (SSSR count). The molecule has 85 heavy (non-hydrogen) atoms. The van der Waals surface area contributed by atoms with Crippen LogP contribution in [-0.2, 0) is 51.4 Å². The maximum atomic E-state index is 14.4. The van der Waals surface area contributed by atoms with Crippen molar-refractivity contribution < 1.29 is 67.2 Å². The van der Waals surface area contributed by atoms with Crippen LogP contribution in [0.15, 0.2) is 66.1 Å². The minimum atomic E-state index is -1.97. The Kier molecular flexibility index (Phi) is 20.0. The second kappa shape index (κ2) is 26.3. The summed E-state index contributed by atoms with van der Waals surface area (Å²) in [6.45, 7) is 16.8. The highest BCUT2D eigenvalue weighted by Crippen LogP contribution is 2.42. The van der Waals surface area contributed by atoms with E-state index in [2.05, 4.69) is 36.2 Å². The number of phenolic OH excluding ortho intramolecular Hbond substituents is 2. The van der Waals surface area contributed by atoms with Gasteiger partial charge in [0.25, 0.3) is 11.8 Å². The summed E-state index contributed by atoms with van der Waals surface area (Å²) < 4.78 is 35.5. The third-order valence-corrected chi connectivity index (χ3v) is 16.9. The van der Waals surface area contributed by atoms with E-state index in [4.69, 9.17) is 4.74 Å². The fraction of sp³-hybridized carbons (Fsp3) is 0.508. The zero-order valence-corrected chi connectivity index (χ0v) is 50.8. The van der Waals surface area contributed by atoms with Crippen LogP contribution in [0, 0.1) is 24.7 Å². The summed E-state index contributed by atoms with van der Waals surface area (Å²) in [7, 11) is 0. The van der Waals surface area contributed by atoms with E-state index in [-0.39, 0.29) is 82.1 Å². The van der Waals surface area contributed by atoms with E-state index in [1.165, 1.54) is 57.2 Å². The highest BCUT2D eigenvalue weighted by molar-refractivity contribution is 7.13. The van der Waals surface area contributed by atoms with Crippen molar-refractivity contribution in [3.05, 3.63) is 88.7 Å². The van der Waals surface area contributed by atoms with E-state index in [0.717, 1.165) is 32.3 Å². The lowest BCUT2D eigenvalue weighted by molar-refractivity contribution is -0.147. The van der Waals surface area contributed by atoms with E-state index < -0.39 is 100.0 Å². The minimum absolute atomic E-state index is 0.00141. The number of carbonyl (C=O) groups excluding carboxylic acids is 8. The normalized spacial score (nSPS) is 19.8. The van der Waals surface area contributed by atoms with Gasteiger partial charge >= 0.3 is 5.97 Å². The number of imidazole rings is 1. The number of alkyl halides is 2. The Balaban J connectivity index is 0.000000215. The number of hydrogen-bond donors (Lipinski definition) is 7. The second-order valence-corrected chi connectivity index (χ2v) is 25.7. The fourth-order valence-electron chi connectivity index (χ4n) is 9.65. The first-order chi connectivity index (χ1) is 39.8. The number of halogens is 2. The van der Waals surface area contributed by atoms with E-state index >= 15 is 0 Å². The highest BCUT2D eigenvalue weighted by atomic mass is 32.1. The predicted octanol–water partition coefficient (Wildman–Crippen LogP) is 5.98. The Bertz CT molecular complexity index is 3290. The quantitative estimate of drug-likeness (QED) is 0.0593. The highest BCUT2D eigenvalue weighted by Gasteiger charge is 2.55. The summed E-state index contributed by atoms with van der Waals surface area (Å²) in [5.41, 5.74) is 2.31. The van der Waals surface area contributed by atoms with Crippen LogP contribution in [0.3, 0.4) is 0 Å². The van der Waals surface area contributed by atoms with Gasteiger partial charge in [-0.05, 0) is 73.6 Å². The van der Waals surface area contributed by atoms with E-state index in [1.54, 1.807) is 89.2 Å². The molecule has 22 nitrogen and oxygen atoms in total. The summed E-state index contributed by atoms with van der Waals surface area (Å²) in [4.78, 5) is 117. The Labute approximate surface area is 499 Å². The number of aliphatic hydroxyl groups excluding tert-OH is 1. The molecule has 5 heterocycles. The first kappa shape index (κ1) is 64.8. The van der Waals surface area contributed by atoms with Gasteiger partial charge in [-0.25, -0.2) is 23.7 Å². The summed E-state index contributed by atoms with van der Waals surface area (Å²) in [5, 5.41) is 42.0. The third kappa shape index (κ3) is 16.2. The largest absolute Gasteiger partial charge is 0.508 e. The number of aromatic nitrogens is 4.